The van der Waals surface area contributed by atoms with Crippen LogP contribution in [0.15, 0.2) is 73.1 Å². The Morgan fingerprint density at radius 1 is 0.962 bits per heavy atom. The zero-order chi connectivity index (χ0) is 17.1. The SMILES string of the molecule is Cl.Nc1nccc(-n2ccc3c(OCCc4ccccc4)cccc32)n1. The second kappa shape index (κ2) is 7.89. The number of nitrogens with two attached hydrogens (primary N) is 1. The molecule has 0 atom stereocenters. The average molecular weight is 367 g/mol. The summed E-state index contributed by atoms with van der Waals surface area (Å²) in [6.07, 6.45) is 4.50. The third-order valence-corrected chi connectivity index (χ3v) is 4.09. The number of hydrogen-bond acceptors (Lipinski definition) is 4. The van der Waals surface area contributed by atoms with Gasteiger partial charge in [-0.2, -0.15) is 4.98 Å². The molecule has 132 valence electrons. The number of nitrogens with zero attached hydrogens (tertiary/aromatic N) is 3. The molecule has 4 rings (SSSR count). The molecule has 26 heavy (non-hydrogen) atoms. The summed E-state index contributed by atoms with van der Waals surface area (Å²) in [6.45, 7) is 0.634. The Labute approximate surface area is 157 Å². The summed E-state index contributed by atoms with van der Waals surface area (Å²) in [5.41, 5.74) is 7.99. The summed E-state index contributed by atoms with van der Waals surface area (Å²) in [5.74, 6) is 1.87. The van der Waals surface area contributed by atoms with Gasteiger partial charge in [-0.05, 0) is 29.8 Å². The van der Waals surface area contributed by atoms with E-state index in [9.17, 15) is 0 Å². The molecule has 0 spiro atoms. The minimum absolute atomic E-state index is 0. The van der Waals surface area contributed by atoms with Gasteiger partial charge >= 0.3 is 0 Å². The first-order valence-corrected chi connectivity index (χ1v) is 8.17. The average Bonchev–Trinajstić information content (AvgIpc) is 3.08. The topological polar surface area (TPSA) is 66.0 Å². The standard InChI is InChI=1S/C20H18N4O.ClH/c21-20-22-12-9-19(23-20)24-13-10-16-17(24)7-4-8-18(16)25-14-11-15-5-2-1-3-6-15;/h1-10,12-13H,11,14H2,(H2,21,22,23);1H. The van der Waals surface area contributed by atoms with Gasteiger partial charge in [-0.3, -0.25) is 0 Å². The smallest absolute Gasteiger partial charge is 0.221 e. The van der Waals surface area contributed by atoms with Crippen molar-refractivity contribution in [3.63, 3.8) is 0 Å². The lowest BCUT2D eigenvalue weighted by Gasteiger charge is -2.09. The quantitative estimate of drug-likeness (QED) is 0.578. The van der Waals surface area contributed by atoms with E-state index in [2.05, 4.69) is 22.1 Å². The molecular formula is C20H19ClN4O. The van der Waals surface area contributed by atoms with Crippen LogP contribution < -0.4 is 10.5 Å². The molecule has 0 aliphatic carbocycles. The highest BCUT2D eigenvalue weighted by molar-refractivity contribution is 5.87. The fraction of sp³-hybridized carbons (Fsp3) is 0.100. The number of fused-ring (bicyclic) bond motifs is 1. The summed E-state index contributed by atoms with van der Waals surface area (Å²) < 4.78 is 8.01. The van der Waals surface area contributed by atoms with Gasteiger partial charge < -0.3 is 15.0 Å². The van der Waals surface area contributed by atoms with E-state index >= 15 is 0 Å². The minimum atomic E-state index is 0. The Morgan fingerprint density at radius 3 is 2.62 bits per heavy atom. The first-order chi connectivity index (χ1) is 12.3. The lowest BCUT2D eigenvalue weighted by molar-refractivity contribution is 0.326. The van der Waals surface area contributed by atoms with Gasteiger partial charge in [-0.15, -0.1) is 12.4 Å². The van der Waals surface area contributed by atoms with Crippen molar-refractivity contribution in [3.8, 4) is 11.6 Å². The number of anilines is 1. The van der Waals surface area contributed by atoms with Crippen LogP contribution in [0.25, 0.3) is 16.7 Å². The van der Waals surface area contributed by atoms with Gasteiger partial charge in [0.15, 0.2) is 0 Å². The first kappa shape index (κ1) is 17.8. The van der Waals surface area contributed by atoms with E-state index in [-0.39, 0.29) is 18.4 Å². The van der Waals surface area contributed by atoms with Crippen molar-refractivity contribution < 1.29 is 4.74 Å². The van der Waals surface area contributed by atoms with Crippen molar-refractivity contribution in [2.75, 3.05) is 12.3 Å². The van der Waals surface area contributed by atoms with Crippen LogP contribution in [0.5, 0.6) is 5.75 Å². The summed E-state index contributed by atoms with van der Waals surface area (Å²) in [5, 5.41) is 1.05. The molecule has 0 radical (unpaired) electrons. The Bertz CT molecular complexity index is 1000. The number of hydrogen-bond donors (Lipinski definition) is 1. The van der Waals surface area contributed by atoms with E-state index in [4.69, 9.17) is 10.5 Å². The molecule has 0 bridgehead atoms. The molecule has 0 unspecified atom stereocenters. The van der Waals surface area contributed by atoms with E-state index < -0.39 is 0 Å². The normalized spacial score (nSPS) is 10.5. The summed E-state index contributed by atoms with van der Waals surface area (Å²) >= 11 is 0. The van der Waals surface area contributed by atoms with Crippen molar-refractivity contribution in [2.24, 2.45) is 0 Å². The van der Waals surface area contributed by atoms with Crippen molar-refractivity contribution >= 4 is 29.3 Å². The van der Waals surface area contributed by atoms with Crippen molar-refractivity contribution in [1.82, 2.24) is 14.5 Å². The number of ether oxygens (including phenoxy) is 1. The highest BCUT2D eigenvalue weighted by Crippen LogP contribution is 2.28. The van der Waals surface area contributed by atoms with Gasteiger partial charge in [0, 0.05) is 24.2 Å². The summed E-state index contributed by atoms with van der Waals surface area (Å²) in [7, 11) is 0. The molecule has 4 aromatic rings. The van der Waals surface area contributed by atoms with Gasteiger partial charge in [-0.25, -0.2) is 4.98 Å². The molecule has 0 aliphatic heterocycles. The number of benzene rings is 2. The van der Waals surface area contributed by atoms with Crippen molar-refractivity contribution in [3.05, 3.63) is 78.6 Å². The Balaban J connectivity index is 0.00000196. The van der Waals surface area contributed by atoms with Crippen LogP contribution in [0.3, 0.4) is 0 Å². The maximum Gasteiger partial charge on any atom is 0.221 e. The monoisotopic (exact) mass is 366 g/mol. The molecule has 0 aliphatic rings. The fourth-order valence-electron chi connectivity index (χ4n) is 2.89. The number of aromatic nitrogens is 3. The van der Waals surface area contributed by atoms with Crippen LogP contribution in [0.1, 0.15) is 5.56 Å². The predicted octanol–water partition coefficient (Wildman–Crippen LogP) is 4.05. The second-order valence-electron chi connectivity index (χ2n) is 5.73. The molecule has 2 heterocycles. The second-order valence-corrected chi connectivity index (χ2v) is 5.73. The molecule has 0 fully saturated rings. The van der Waals surface area contributed by atoms with Crippen LogP contribution in [-0.2, 0) is 6.42 Å². The highest BCUT2D eigenvalue weighted by Gasteiger charge is 2.09. The van der Waals surface area contributed by atoms with Crippen LogP contribution in [0.4, 0.5) is 5.95 Å². The lowest BCUT2D eigenvalue weighted by Crippen LogP contribution is -2.02. The third-order valence-electron chi connectivity index (χ3n) is 4.09. The largest absolute Gasteiger partial charge is 0.493 e. The lowest BCUT2D eigenvalue weighted by atomic mass is 10.2. The van der Waals surface area contributed by atoms with Crippen molar-refractivity contribution in [1.29, 1.82) is 0 Å². The van der Waals surface area contributed by atoms with Gasteiger partial charge in [0.2, 0.25) is 5.95 Å². The summed E-state index contributed by atoms with van der Waals surface area (Å²) in [6, 6.07) is 20.2. The molecule has 2 N–H and O–H groups in total. The van der Waals surface area contributed by atoms with E-state index in [0.717, 1.165) is 28.9 Å². The van der Waals surface area contributed by atoms with Gasteiger partial charge in [0.05, 0.1) is 12.1 Å². The van der Waals surface area contributed by atoms with Crippen LogP contribution in [0.2, 0.25) is 0 Å². The molecule has 0 saturated heterocycles. The molecule has 0 saturated carbocycles. The highest BCUT2D eigenvalue weighted by atomic mass is 35.5. The number of nitrogen functional groups attached to an aromatic ring is 1. The molecule has 5 nitrogen and oxygen atoms in total. The van der Waals surface area contributed by atoms with E-state index in [1.54, 1.807) is 6.20 Å². The maximum absolute atomic E-state index is 6.03. The fourth-order valence-corrected chi connectivity index (χ4v) is 2.89. The molecule has 0 amide bonds. The molecule has 2 aromatic carbocycles. The third kappa shape index (κ3) is 3.63. The molecule has 6 heteroatoms. The molecule has 2 aromatic heterocycles. The Hall–Kier alpha value is -3.05. The Morgan fingerprint density at radius 2 is 1.81 bits per heavy atom. The van der Waals surface area contributed by atoms with Crippen molar-refractivity contribution in [2.45, 2.75) is 6.42 Å². The van der Waals surface area contributed by atoms with E-state index in [1.165, 1.54) is 5.56 Å². The Kier molecular flexibility index (Phi) is 5.39. The number of rotatable bonds is 5. The van der Waals surface area contributed by atoms with Crippen LogP contribution >= 0.6 is 12.4 Å². The summed E-state index contributed by atoms with van der Waals surface area (Å²) in [4.78, 5) is 8.23. The number of halogens is 1. The van der Waals surface area contributed by atoms with Gasteiger partial charge in [0.25, 0.3) is 0 Å². The predicted molar refractivity (Wildman–Crippen MR) is 106 cm³/mol. The van der Waals surface area contributed by atoms with E-state index in [1.807, 2.05) is 59.3 Å². The van der Waals surface area contributed by atoms with Gasteiger partial charge in [0.1, 0.15) is 11.6 Å². The van der Waals surface area contributed by atoms with Gasteiger partial charge in [-0.1, -0.05) is 36.4 Å². The van der Waals surface area contributed by atoms with E-state index in [0.29, 0.717) is 6.61 Å². The van der Waals surface area contributed by atoms with Crippen LogP contribution in [-0.4, -0.2) is 21.1 Å². The zero-order valence-corrected chi connectivity index (χ0v) is 14.9. The minimum Gasteiger partial charge on any atom is -0.493 e. The molecular weight excluding hydrogens is 348 g/mol. The van der Waals surface area contributed by atoms with Crippen LogP contribution in [0, 0.1) is 0 Å². The first-order valence-electron chi connectivity index (χ1n) is 8.17. The zero-order valence-electron chi connectivity index (χ0n) is 14.1. The maximum atomic E-state index is 6.03.